The molecule has 0 radical (unpaired) electrons. The molecule has 0 spiro atoms. The third-order valence-corrected chi connectivity index (χ3v) is 6.31. The van der Waals surface area contributed by atoms with Gasteiger partial charge in [0.2, 0.25) is 5.16 Å². The molecule has 1 aliphatic rings. The van der Waals surface area contributed by atoms with Crippen LogP contribution in [0.25, 0.3) is 0 Å². The highest BCUT2D eigenvalue weighted by molar-refractivity contribution is 7.98. The second-order valence-electron chi connectivity index (χ2n) is 9.78. The molecule has 0 N–H and O–H groups in total. The predicted octanol–water partition coefficient (Wildman–Crippen LogP) is 5.60. The van der Waals surface area contributed by atoms with Gasteiger partial charge >= 0.3 is 12.3 Å². The molecule has 2 aromatic heterocycles. The molecule has 8 nitrogen and oxygen atoms in total. The standard InChI is InChI=1S/C23H31F5N6O2S/c1-6-17-30-19(31-32(17)5)37-13-15-11-16(33-9-7-22(24,25)8-10-33)12-18(29-15)34(14-23(26,27)28)20(35)36-21(2,3)4/h11-12H,6-10,13-14H2,1-5H3. The van der Waals surface area contributed by atoms with Crippen molar-refractivity contribution in [3.8, 4) is 0 Å². The van der Waals surface area contributed by atoms with Crippen LogP contribution < -0.4 is 9.80 Å². The number of aromatic nitrogens is 4. The van der Waals surface area contributed by atoms with Gasteiger partial charge in [-0.15, -0.1) is 5.10 Å². The molecule has 1 fully saturated rings. The van der Waals surface area contributed by atoms with Crippen LogP contribution in [-0.2, 0) is 24.0 Å². The average Bonchev–Trinajstić information content (AvgIpc) is 3.13. The summed E-state index contributed by atoms with van der Waals surface area (Å²) in [6.07, 6.45) is -6.04. The number of carbonyl (C=O) groups is 1. The molecule has 0 aliphatic carbocycles. The summed E-state index contributed by atoms with van der Waals surface area (Å²) in [6.45, 7) is 4.96. The van der Waals surface area contributed by atoms with Crippen molar-refractivity contribution in [3.05, 3.63) is 23.7 Å². The number of carbonyl (C=O) groups excluding carboxylic acids is 1. The number of rotatable bonds is 7. The highest BCUT2D eigenvalue weighted by Crippen LogP contribution is 2.34. The Morgan fingerprint density at radius 2 is 1.81 bits per heavy atom. The molecule has 37 heavy (non-hydrogen) atoms. The van der Waals surface area contributed by atoms with Crippen molar-refractivity contribution in [2.24, 2.45) is 7.05 Å². The van der Waals surface area contributed by atoms with Crippen molar-refractivity contribution in [2.75, 3.05) is 29.4 Å². The maximum atomic E-state index is 13.7. The van der Waals surface area contributed by atoms with Crippen molar-refractivity contribution in [3.63, 3.8) is 0 Å². The first-order valence-corrected chi connectivity index (χ1v) is 12.8. The number of amides is 1. The first-order valence-electron chi connectivity index (χ1n) is 11.8. The maximum absolute atomic E-state index is 13.7. The topological polar surface area (TPSA) is 76.4 Å². The van der Waals surface area contributed by atoms with Crippen molar-refractivity contribution in [1.82, 2.24) is 19.7 Å². The Kier molecular flexibility index (Phi) is 8.60. The minimum absolute atomic E-state index is 0.0103. The molecule has 206 valence electrons. The average molecular weight is 551 g/mol. The number of anilines is 2. The zero-order valence-electron chi connectivity index (χ0n) is 21.4. The molecule has 0 bridgehead atoms. The zero-order chi connectivity index (χ0) is 27.6. The first kappa shape index (κ1) is 28.9. The molecule has 1 aliphatic heterocycles. The van der Waals surface area contributed by atoms with Crippen LogP contribution in [0.4, 0.5) is 38.3 Å². The second kappa shape index (κ2) is 11.0. The minimum Gasteiger partial charge on any atom is -0.443 e. The van der Waals surface area contributed by atoms with Crippen LogP contribution in [0, 0.1) is 0 Å². The van der Waals surface area contributed by atoms with Crippen LogP contribution in [0.5, 0.6) is 0 Å². The number of piperidine rings is 1. The highest BCUT2D eigenvalue weighted by atomic mass is 32.2. The van der Waals surface area contributed by atoms with E-state index < -0.39 is 30.3 Å². The number of hydrogen-bond donors (Lipinski definition) is 0. The van der Waals surface area contributed by atoms with Crippen molar-refractivity contribution >= 4 is 29.4 Å². The van der Waals surface area contributed by atoms with Gasteiger partial charge in [-0.2, -0.15) is 13.2 Å². The van der Waals surface area contributed by atoms with Gasteiger partial charge in [0.1, 0.15) is 23.8 Å². The van der Waals surface area contributed by atoms with Gasteiger partial charge in [-0.1, -0.05) is 18.7 Å². The number of thioether (sulfide) groups is 1. The number of halogens is 5. The normalized spacial score (nSPS) is 16.1. The van der Waals surface area contributed by atoms with Crippen LogP contribution in [-0.4, -0.2) is 63.2 Å². The lowest BCUT2D eigenvalue weighted by atomic mass is 10.1. The summed E-state index contributed by atoms with van der Waals surface area (Å²) in [6, 6.07) is 2.94. The van der Waals surface area contributed by atoms with E-state index in [4.69, 9.17) is 4.74 Å². The summed E-state index contributed by atoms with van der Waals surface area (Å²) in [5.41, 5.74) is -0.303. The summed E-state index contributed by atoms with van der Waals surface area (Å²) < 4.78 is 74.8. The van der Waals surface area contributed by atoms with E-state index in [1.165, 1.54) is 17.8 Å². The fraction of sp³-hybridized carbons (Fsp3) is 0.652. The van der Waals surface area contributed by atoms with E-state index in [9.17, 15) is 26.7 Å². The lowest BCUT2D eigenvalue weighted by Crippen LogP contribution is -2.43. The van der Waals surface area contributed by atoms with E-state index in [1.54, 1.807) is 43.5 Å². The van der Waals surface area contributed by atoms with E-state index in [2.05, 4.69) is 15.1 Å². The van der Waals surface area contributed by atoms with Crippen LogP contribution in [0.2, 0.25) is 0 Å². The van der Waals surface area contributed by atoms with E-state index >= 15 is 0 Å². The van der Waals surface area contributed by atoms with Gasteiger partial charge < -0.3 is 9.64 Å². The molecule has 3 rings (SSSR count). The van der Waals surface area contributed by atoms with Gasteiger partial charge in [0, 0.05) is 56.9 Å². The monoisotopic (exact) mass is 550 g/mol. The predicted molar refractivity (Wildman–Crippen MR) is 130 cm³/mol. The fourth-order valence-corrected chi connectivity index (χ4v) is 4.45. The Morgan fingerprint density at radius 1 is 1.16 bits per heavy atom. The number of alkyl halides is 5. The van der Waals surface area contributed by atoms with Gasteiger partial charge in [-0.25, -0.2) is 23.5 Å². The van der Waals surface area contributed by atoms with Gasteiger partial charge in [-0.3, -0.25) is 9.58 Å². The summed E-state index contributed by atoms with van der Waals surface area (Å²) >= 11 is 1.23. The number of hydrogen-bond acceptors (Lipinski definition) is 7. The summed E-state index contributed by atoms with van der Waals surface area (Å²) in [5, 5.41) is 4.78. The third kappa shape index (κ3) is 8.44. The summed E-state index contributed by atoms with van der Waals surface area (Å²) in [4.78, 5) is 23.6. The summed E-state index contributed by atoms with van der Waals surface area (Å²) in [7, 11) is 1.76. The Morgan fingerprint density at radius 3 is 2.35 bits per heavy atom. The van der Waals surface area contributed by atoms with Crippen molar-refractivity contribution in [2.45, 2.75) is 75.6 Å². The largest absolute Gasteiger partial charge is 0.443 e. The quantitative estimate of drug-likeness (QED) is 0.328. The molecule has 0 saturated carbocycles. The number of pyridine rings is 1. The van der Waals surface area contributed by atoms with Gasteiger partial charge in [0.25, 0.3) is 5.92 Å². The Labute approximate surface area is 216 Å². The minimum atomic E-state index is -4.73. The summed E-state index contributed by atoms with van der Waals surface area (Å²) in [5.74, 6) is -2.13. The zero-order valence-corrected chi connectivity index (χ0v) is 22.2. The van der Waals surface area contributed by atoms with Crippen molar-refractivity contribution in [1.29, 1.82) is 0 Å². The number of ether oxygens (including phenoxy) is 1. The number of nitrogens with zero attached hydrogens (tertiary/aromatic N) is 6. The maximum Gasteiger partial charge on any atom is 0.416 e. The SMILES string of the molecule is CCc1nc(SCc2cc(N3CCC(F)(F)CC3)cc(N(CC(F)(F)F)C(=O)OC(C)(C)C)n2)nn1C. The Balaban J connectivity index is 1.98. The van der Waals surface area contributed by atoms with Gasteiger partial charge in [0.05, 0.1) is 5.69 Å². The molecule has 1 amide bonds. The van der Waals surface area contributed by atoms with Crippen LogP contribution in [0.15, 0.2) is 17.3 Å². The molecule has 14 heteroatoms. The van der Waals surface area contributed by atoms with E-state index in [-0.39, 0.29) is 37.5 Å². The van der Waals surface area contributed by atoms with E-state index in [0.717, 1.165) is 5.82 Å². The highest BCUT2D eigenvalue weighted by Gasteiger charge is 2.38. The van der Waals surface area contributed by atoms with E-state index in [1.807, 2.05) is 6.92 Å². The first-order chi connectivity index (χ1) is 17.0. The van der Waals surface area contributed by atoms with E-state index in [0.29, 0.717) is 27.9 Å². The van der Waals surface area contributed by atoms with Crippen LogP contribution in [0.1, 0.15) is 52.1 Å². The van der Waals surface area contributed by atoms with Crippen molar-refractivity contribution < 1.29 is 31.5 Å². The Bertz CT molecular complexity index is 1090. The molecule has 2 aromatic rings. The van der Waals surface area contributed by atoms with Crippen LogP contribution in [0.3, 0.4) is 0 Å². The van der Waals surface area contributed by atoms with Gasteiger partial charge in [-0.05, 0) is 26.8 Å². The number of aryl methyl sites for hydroxylation is 2. The molecule has 1 saturated heterocycles. The molecule has 3 heterocycles. The Hall–Kier alpha value is -2.64. The molecule has 0 aromatic carbocycles. The smallest absolute Gasteiger partial charge is 0.416 e. The molecule has 0 atom stereocenters. The second-order valence-corrected chi connectivity index (χ2v) is 10.7. The van der Waals surface area contributed by atoms with Crippen LogP contribution >= 0.6 is 11.8 Å². The molecular formula is C23H31F5N6O2S. The lowest BCUT2D eigenvalue weighted by molar-refractivity contribution is -0.119. The molecule has 0 unspecified atom stereocenters. The molecular weight excluding hydrogens is 519 g/mol. The third-order valence-electron chi connectivity index (χ3n) is 5.44. The fourth-order valence-electron chi connectivity index (χ4n) is 3.68. The lowest BCUT2D eigenvalue weighted by Gasteiger charge is -2.34. The van der Waals surface area contributed by atoms with Gasteiger partial charge in [0.15, 0.2) is 0 Å².